The van der Waals surface area contributed by atoms with Gasteiger partial charge in [0, 0.05) is 25.5 Å². The van der Waals surface area contributed by atoms with E-state index in [9.17, 15) is 0 Å². The molecular formula is C13H16N2O. The Morgan fingerprint density at radius 3 is 2.75 bits per heavy atom. The van der Waals surface area contributed by atoms with E-state index in [1.165, 1.54) is 16.6 Å². The molecule has 0 atom stereocenters. The topological polar surface area (TPSA) is 26.2 Å². The van der Waals surface area contributed by atoms with Crippen LogP contribution in [0.15, 0.2) is 24.3 Å². The van der Waals surface area contributed by atoms with E-state index < -0.39 is 0 Å². The van der Waals surface area contributed by atoms with Crippen LogP contribution in [0.1, 0.15) is 5.69 Å². The smallest absolute Gasteiger partial charge is 0.148 e. The minimum absolute atomic E-state index is 0.338. The molecule has 1 fully saturated rings. The second-order valence-corrected chi connectivity index (χ2v) is 4.39. The molecule has 2 heterocycles. The van der Waals surface area contributed by atoms with Gasteiger partial charge in [-0.15, -0.1) is 0 Å². The van der Waals surface area contributed by atoms with Crippen molar-refractivity contribution >= 4 is 10.9 Å². The normalized spacial score (nSPS) is 16.4. The SMILES string of the molecule is Cc1c(OC2CNC2)c2ccccc2n1C. The molecule has 0 aliphatic carbocycles. The Kier molecular flexibility index (Phi) is 2.14. The van der Waals surface area contributed by atoms with Crippen LogP contribution in [-0.4, -0.2) is 23.8 Å². The van der Waals surface area contributed by atoms with Gasteiger partial charge >= 0.3 is 0 Å². The molecule has 0 spiro atoms. The Morgan fingerprint density at radius 2 is 2.06 bits per heavy atom. The van der Waals surface area contributed by atoms with Gasteiger partial charge in [-0.05, 0) is 19.1 Å². The number of hydrogen-bond acceptors (Lipinski definition) is 2. The predicted octanol–water partition coefficient (Wildman–Crippen LogP) is 1.84. The number of ether oxygens (including phenoxy) is 1. The van der Waals surface area contributed by atoms with Crippen molar-refractivity contribution in [3.63, 3.8) is 0 Å². The van der Waals surface area contributed by atoms with Gasteiger partial charge in [-0.25, -0.2) is 0 Å². The molecule has 0 saturated carbocycles. The van der Waals surface area contributed by atoms with E-state index in [4.69, 9.17) is 4.74 Å². The first-order valence-electron chi connectivity index (χ1n) is 5.69. The van der Waals surface area contributed by atoms with Crippen molar-refractivity contribution < 1.29 is 4.74 Å². The summed E-state index contributed by atoms with van der Waals surface area (Å²) in [5.74, 6) is 1.05. The fraction of sp³-hybridized carbons (Fsp3) is 0.385. The molecule has 3 nitrogen and oxygen atoms in total. The van der Waals surface area contributed by atoms with Crippen LogP contribution in [-0.2, 0) is 7.05 Å². The fourth-order valence-electron chi connectivity index (χ4n) is 2.15. The summed E-state index contributed by atoms with van der Waals surface area (Å²) in [5, 5.41) is 4.44. The Balaban J connectivity index is 2.10. The molecule has 16 heavy (non-hydrogen) atoms. The lowest BCUT2D eigenvalue weighted by Crippen LogP contribution is -2.50. The molecule has 1 N–H and O–H groups in total. The highest BCUT2D eigenvalue weighted by Crippen LogP contribution is 2.32. The van der Waals surface area contributed by atoms with Gasteiger partial charge in [0.1, 0.15) is 11.9 Å². The van der Waals surface area contributed by atoms with Crippen LogP contribution in [0.3, 0.4) is 0 Å². The molecule has 0 amide bonds. The van der Waals surface area contributed by atoms with Crippen LogP contribution in [0, 0.1) is 6.92 Å². The van der Waals surface area contributed by atoms with Gasteiger partial charge in [0.25, 0.3) is 0 Å². The van der Waals surface area contributed by atoms with Crippen molar-refractivity contribution in [2.45, 2.75) is 13.0 Å². The van der Waals surface area contributed by atoms with Crippen LogP contribution >= 0.6 is 0 Å². The number of rotatable bonds is 2. The number of nitrogens with one attached hydrogen (secondary N) is 1. The van der Waals surface area contributed by atoms with Gasteiger partial charge in [-0.2, -0.15) is 0 Å². The van der Waals surface area contributed by atoms with Crippen LogP contribution < -0.4 is 10.1 Å². The first-order chi connectivity index (χ1) is 7.77. The monoisotopic (exact) mass is 216 g/mol. The Morgan fingerprint density at radius 1 is 1.31 bits per heavy atom. The first kappa shape index (κ1) is 9.73. The highest BCUT2D eigenvalue weighted by atomic mass is 16.5. The molecule has 0 radical (unpaired) electrons. The quantitative estimate of drug-likeness (QED) is 0.829. The number of fused-ring (bicyclic) bond motifs is 1. The summed E-state index contributed by atoms with van der Waals surface area (Å²) >= 11 is 0. The number of hydrogen-bond donors (Lipinski definition) is 1. The third kappa shape index (κ3) is 1.32. The molecule has 84 valence electrons. The highest BCUT2D eigenvalue weighted by Gasteiger charge is 2.22. The zero-order valence-corrected chi connectivity index (χ0v) is 9.66. The first-order valence-corrected chi connectivity index (χ1v) is 5.69. The van der Waals surface area contributed by atoms with Crippen LogP contribution in [0.25, 0.3) is 10.9 Å². The van der Waals surface area contributed by atoms with E-state index >= 15 is 0 Å². The predicted molar refractivity (Wildman–Crippen MR) is 64.9 cm³/mol. The Hall–Kier alpha value is -1.48. The van der Waals surface area contributed by atoms with E-state index in [1.54, 1.807) is 0 Å². The summed E-state index contributed by atoms with van der Waals surface area (Å²) in [5.41, 5.74) is 2.44. The molecule has 1 aromatic heterocycles. The minimum atomic E-state index is 0.338. The molecule has 2 aromatic rings. The summed E-state index contributed by atoms with van der Waals surface area (Å²) < 4.78 is 8.22. The summed E-state index contributed by atoms with van der Waals surface area (Å²) in [4.78, 5) is 0. The summed E-state index contributed by atoms with van der Waals surface area (Å²) in [6.07, 6.45) is 0.338. The van der Waals surface area contributed by atoms with Crippen molar-refractivity contribution in [2.75, 3.05) is 13.1 Å². The van der Waals surface area contributed by atoms with Crippen molar-refractivity contribution in [3.05, 3.63) is 30.0 Å². The van der Waals surface area contributed by atoms with Crippen LogP contribution in [0.4, 0.5) is 0 Å². The van der Waals surface area contributed by atoms with E-state index in [-0.39, 0.29) is 0 Å². The third-order valence-corrected chi connectivity index (χ3v) is 3.37. The van der Waals surface area contributed by atoms with Gasteiger partial charge in [0.05, 0.1) is 11.2 Å². The third-order valence-electron chi connectivity index (χ3n) is 3.37. The molecule has 1 aliphatic heterocycles. The van der Waals surface area contributed by atoms with E-state index in [0.29, 0.717) is 6.10 Å². The maximum absolute atomic E-state index is 6.03. The van der Waals surface area contributed by atoms with Crippen molar-refractivity contribution in [1.82, 2.24) is 9.88 Å². The molecule has 3 rings (SSSR count). The largest absolute Gasteiger partial charge is 0.485 e. The molecule has 1 aromatic carbocycles. The van der Waals surface area contributed by atoms with Crippen LogP contribution in [0.2, 0.25) is 0 Å². The van der Waals surface area contributed by atoms with E-state index in [1.807, 2.05) is 0 Å². The number of aryl methyl sites for hydroxylation is 1. The lowest BCUT2D eigenvalue weighted by Gasteiger charge is -2.28. The summed E-state index contributed by atoms with van der Waals surface area (Å²) in [7, 11) is 2.09. The number of aromatic nitrogens is 1. The van der Waals surface area contributed by atoms with Crippen molar-refractivity contribution in [3.8, 4) is 5.75 Å². The number of nitrogens with zero attached hydrogens (tertiary/aromatic N) is 1. The Labute approximate surface area is 95.0 Å². The second kappa shape index (κ2) is 3.52. The van der Waals surface area contributed by atoms with Gasteiger partial charge in [-0.3, -0.25) is 0 Å². The molecule has 3 heteroatoms. The van der Waals surface area contributed by atoms with Crippen molar-refractivity contribution in [1.29, 1.82) is 0 Å². The van der Waals surface area contributed by atoms with Gasteiger partial charge in [0.2, 0.25) is 0 Å². The summed E-state index contributed by atoms with van der Waals surface area (Å²) in [6.45, 7) is 4.03. The molecule has 0 unspecified atom stereocenters. The van der Waals surface area contributed by atoms with E-state index in [2.05, 4.69) is 48.1 Å². The maximum Gasteiger partial charge on any atom is 0.148 e. The minimum Gasteiger partial charge on any atom is -0.485 e. The molecule has 1 saturated heterocycles. The van der Waals surface area contributed by atoms with Gasteiger partial charge in [0.15, 0.2) is 0 Å². The van der Waals surface area contributed by atoms with Gasteiger partial charge < -0.3 is 14.6 Å². The molecular weight excluding hydrogens is 200 g/mol. The molecule has 1 aliphatic rings. The Bertz CT molecular complexity index is 526. The second-order valence-electron chi connectivity index (χ2n) is 4.39. The molecule has 0 bridgehead atoms. The maximum atomic E-state index is 6.03. The average molecular weight is 216 g/mol. The zero-order valence-electron chi connectivity index (χ0n) is 9.66. The number of benzene rings is 1. The summed E-state index contributed by atoms with van der Waals surface area (Å²) in [6, 6.07) is 8.39. The fourth-order valence-corrected chi connectivity index (χ4v) is 2.15. The highest BCUT2D eigenvalue weighted by molar-refractivity contribution is 5.88. The number of para-hydroxylation sites is 1. The van der Waals surface area contributed by atoms with E-state index in [0.717, 1.165) is 18.8 Å². The lowest BCUT2D eigenvalue weighted by molar-refractivity contribution is 0.143. The van der Waals surface area contributed by atoms with Gasteiger partial charge in [-0.1, -0.05) is 12.1 Å². The van der Waals surface area contributed by atoms with Crippen molar-refractivity contribution in [2.24, 2.45) is 7.05 Å². The zero-order chi connectivity index (χ0) is 11.1. The van der Waals surface area contributed by atoms with Crippen LogP contribution in [0.5, 0.6) is 5.75 Å². The average Bonchev–Trinajstić information content (AvgIpc) is 2.48. The lowest BCUT2D eigenvalue weighted by atomic mass is 10.2. The standard InChI is InChI=1S/C13H16N2O/c1-9-13(16-10-7-14-8-10)11-5-3-4-6-12(11)15(9)2/h3-6,10,14H,7-8H2,1-2H3.